The van der Waals surface area contributed by atoms with Crippen LogP contribution in [0.25, 0.3) is 0 Å². The van der Waals surface area contributed by atoms with Gasteiger partial charge < -0.3 is 4.57 Å². The number of rotatable bonds is 3. The molecule has 0 aliphatic heterocycles. The lowest BCUT2D eigenvalue weighted by atomic mass is 10.0. The maximum atomic E-state index is 12.5. The monoisotopic (exact) mass is 280 g/mol. The number of ketones is 1. The SMILES string of the molecule is O=C(Cn1cnc2c1CCCC2)c1ccc2c(c1)CCC2. The van der Waals surface area contributed by atoms with Gasteiger partial charge in [-0.15, -0.1) is 0 Å². The molecule has 0 saturated carbocycles. The summed E-state index contributed by atoms with van der Waals surface area (Å²) in [5.41, 5.74) is 6.12. The fourth-order valence-electron chi connectivity index (χ4n) is 3.66. The van der Waals surface area contributed by atoms with Gasteiger partial charge in [-0.1, -0.05) is 12.1 Å². The van der Waals surface area contributed by atoms with Gasteiger partial charge in [0.15, 0.2) is 5.78 Å². The second kappa shape index (κ2) is 5.14. The Bertz CT molecular complexity index is 699. The van der Waals surface area contributed by atoms with Crippen LogP contribution >= 0.6 is 0 Å². The van der Waals surface area contributed by atoms with Gasteiger partial charge in [0.1, 0.15) is 0 Å². The van der Waals surface area contributed by atoms with Gasteiger partial charge in [0.05, 0.1) is 18.6 Å². The maximum absolute atomic E-state index is 12.5. The number of hydrogen-bond donors (Lipinski definition) is 0. The molecule has 0 radical (unpaired) electrons. The molecule has 108 valence electrons. The van der Waals surface area contributed by atoms with E-state index in [0.29, 0.717) is 6.54 Å². The van der Waals surface area contributed by atoms with Crippen LogP contribution in [-0.2, 0) is 32.2 Å². The molecule has 1 heterocycles. The van der Waals surface area contributed by atoms with Gasteiger partial charge in [0.2, 0.25) is 0 Å². The minimum absolute atomic E-state index is 0.204. The minimum Gasteiger partial charge on any atom is -0.327 e. The Kier molecular flexibility index (Phi) is 3.13. The number of benzene rings is 1. The summed E-state index contributed by atoms with van der Waals surface area (Å²) >= 11 is 0. The molecule has 3 heteroatoms. The molecular formula is C18H20N2O. The molecule has 0 unspecified atom stereocenters. The first-order valence-corrected chi connectivity index (χ1v) is 7.99. The van der Waals surface area contributed by atoms with Crippen molar-refractivity contribution >= 4 is 5.78 Å². The Balaban J connectivity index is 1.57. The number of carbonyl (C=O) groups is 1. The number of fused-ring (bicyclic) bond motifs is 2. The lowest BCUT2D eigenvalue weighted by molar-refractivity contribution is 0.0971. The zero-order chi connectivity index (χ0) is 14.2. The molecule has 0 atom stereocenters. The van der Waals surface area contributed by atoms with Crippen LogP contribution < -0.4 is 0 Å². The Hall–Kier alpha value is -1.90. The van der Waals surface area contributed by atoms with E-state index in [9.17, 15) is 4.79 Å². The average molecular weight is 280 g/mol. The molecule has 0 N–H and O–H groups in total. The Labute approximate surface area is 125 Å². The Morgan fingerprint density at radius 3 is 2.86 bits per heavy atom. The number of aromatic nitrogens is 2. The highest BCUT2D eigenvalue weighted by Gasteiger charge is 2.18. The summed E-state index contributed by atoms with van der Waals surface area (Å²) in [6, 6.07) is 6.24. The van der Waals surface area contributed by atoms with Crippen molar-refractivity contribution in [3.63, 3.8) is 0 Å². The van der Waals surface area contributed by atoms with E-state index in [4.69, 9.17) is 0 Å². The summed E-state index contributed by atoms with van der Waals surface area (Å²) in [7, 11) is 0. The highest BCUT2D eigenvalue weighted by atomic mass is 16.1. The van der Waals surface area contributed by atoms with Crippen LogP contribution in [0.3, 0.4) is 0 Å². The third-order valence-corrected chi connectivity index (χ3v) is 4.84. The second-order valence-corrected chi connectivity index (χ2v) is 6.23. The summed E-state index contributed by atoms with van der Waals surface area (Å²) in [6.45, 7) is 0.432. The Morgan fingerprint density at radius 1 is 1.05 bits per heavy atom. The van der Waals surface area contributed by atoms with Gasteiger partial charge in [-0.2, -0.15) is 0 Å². The number of imidazole rings is 1. The average Bonchev–Trinajstić information content (AvgIpc) is 3.13. The molecule has 0 spiro atoms. The first kappa shape index (κ1) is 12.8. The predicted octanol–water partition coefficient (Wildman–Crippen LogP) is 3.13. The zero-order valence-corrected chi connectivity index (χ0v) is 12.3. The third-order valence-electron chi connectivity index (χ3n) is 4.84. The molecule has 0 bridgehead atoms. The lowest BCUT2D eigenvalue weighted by Crippen LogP contribution is -2.14. The van der Waals surface area contributed by atoms with Gasteiger partial charge >= 0.3 is 0 Å². The number of nitrogens with zero attached hydrogens (tertiary/aromatic N) is 2. The zero-order valence-electron chi connectivity index (χ0n) is 12.3. The number of carbonyl (C=O) groups excluding carboxylic acids is 1. The maximum Gasteiger partial charge on any atom is 0.182 e. The van der Waals surface area contributed by atoms with E-state index in [-0.39, 0.29) is 5.78 Å². The molecule has 2 aromatic rings. The van der Waals surface area contributed by atoms with Crippen molar-refractivity contribution in [3.8, 4) is 0 Å². The standard InChI is InChI=1S/C18H20N2O/c21-18(15-9-8-13-4-3-5-14(13)10-15)11-20-12-19-16-6-1-2-7-17(16)20/h8-10,12H,1-7,11H2. The van der Waals surface area contributed by atoms with Crippen LogP contribution in [0.1, 0.15) is 52.1 Å². The first-order chi connectivity index (χ1) is 10.3. The van der Waals surface area contributed by atoms with Gasteiger partial charge in [-0.05, 0) is 62.1 Å². The van der Waals surface area contributed by atoms with Crippen molar-refractivity contribution in [2.45, 2.75) is 51.5 Å². The van der Waals surface area contributed by atoms with Crippen molar-refractivity contribution < 1.29 is 4.79 Å². The largest absolute Gasteiger partial charge is 0.327 e. The Morgan fingerprint density at radius 2 is 1.90 bits per heavy atom. The molecular weight excluding hydrogens is 260 g/mol. The van der Waals surface area contributed by atoms with Crippen LogP contribution in [0.5, 0.6) is 0 Å². The summed E-state index contributed by atoms with van der Waals surface area (Å²) in [4.78, 5) is 17.0. The molecule has 0 fully saturated rings. The van der Waals surface area contributed by atoms with Crippen molar-refractivity contribution in [2.24, 2.45) is 0 Å². The fourth-order valence-corrected chi connectivity index (χ4v) is 3.66. The highest BCUT2D eigenvalue weighted by molar-refractivity contribution is 5.96. The fraction of sp³-hybridized carbons (Fsp3) is 0.444. The molecule has 0 amide bonds. The highest BCUT2D eigenvalue weighted by Crippen LogP contribution is 2.24. The van der Waals surface area contributed by atoms with Crippen LogP contribution in [0, 0.1) is 0 Å². The van der Waals surface area contributed by atoms with Crippen molar-refractivity contribution in [2.75, 3.05) is 0 Å². The van der Waals surface area contributed by atoms with E-state index in [1.54, 1.807) is 0 Å². The predicted molar refractivity (Wildman–Crippen MR) is 81.7 cm³/mol. The van der Waals surface area contributed by atoms with E-state index in [0.717, 1.165) is 24.8 Å². The van der Waals surface area contributed by atoms with Crippen molar-refractivity contribution in [1.29, 1.82) is 0 Å². The van der Waals surface area contributed by atoms with E-state index in [1.165, 1.54) is 48.2 Å². The van der Waals surface area contributed by atoms with Crippen LogP contribution in [0.4, 0.5) is 0 Å². The number of hydrogen-bond acceptors (Lipinski definition) is 2. The number of Topliss-reactive ketones (excluding diaryl/α,β-unsaturated/α-hetero) is 1. The molecule has 3 nitrogen and oxygen atoms in total. The number of aryl methyl sites for hydroxylation is 3. The van der Waals surface area contributed by atoms with E-state index in [2.05, 4.69) is 21.7 Å². The molecule has 4 rings (SSSR count). The minimum atomic E-state index is 0.204. The molecule has 1 aromatic carbocycles. The van der Waals surface area contributed by atoms with Gasteiger partial charge in [-0.25, -0.2) is 4.98 Å². The second-order valence-electron chi connectivity index (χ2n) is 6.23. The van der Waals surface area contributed by atoms with Crippen LogP contribution in [0.15, 0.2) is 24.5 Å². The molecule has 1 aromatic heterocycles. The third kappa shape index (κ3) is 2.31. The van der Waals surface area contributed by atoms with E-state index >= 15 is 0 Å². The summed E-state index contributed by atoms with van der Waals surface area (Å²) in [6.07, 6.45) is 9.93. The van der Waals surface area contributed by atoms with E-state index < -0.39 is 0 Å². The summed E-state index contributed by atoms with van der Waals surface area (Å²) in [5.74, 6) is 0.204. The smallest absolute Gasteiger partial charge is 0.182 e. The normalized spacial score (nSPS) is 16.6. The topological polar surface area (TPSA) is 34.9 Å². The van der Waals surface area contributed by atoms with Crippen LogP contribution in [-0.4, -0.2) is 15.3 Å². The van der Waals surface area contributed by atoms with Gasteiger partial charge in [-0.3, -0.25) is 4.79 Å². The summed E-state index contributed by atoms with van der Waals surface area (Å²) < 4.78 is 2.06. The van der Waals surface area contributed by atoms with Crippen molar-refractivity contribution in [1.82, 2.24) is 9.55 Å². The van der Waals surface area contributed by atoms with Gasteiger partial charge in [0.25, 0.3) is 0 Å². The lowest BCUT2D eigenvalue weighted by Gasteiger charge is -2.13. The van der Waals surface area contributed by atoms with E-state index in [1.807, 2.05) is 12.4 Å². The molecule has 2 aliphatic rings. The first-order valence-electron chi connectivity index (χ1n) is 7.99. The van der Waals surface area contributed by atoms with Crippen molar-refractivity contribution in [3.05, 3.63) is 52.6 Å². The van der Waals surface area contributed by atoms with Gasteiger partial charge in [0, 0.05) is 11.3 Å². The molecule has 0 saturated heterocycles. The van der Waals surface area contributed by atoms with Crippen LogP contribution in [0.2, 0.25) is 0 Å². The summed E-state index contributed by atoms with van der Waals surface area (Å²) in [5, 5.41) is 0. The quantitative estimate of drug-likeness (QED) is 0.810. The molecule has 21 heavy (non-hydrogen) atoms. The molecule has 2 aliphatic carbocycles.